The average Bonchev–Trinajstić information content (AvgIpc) is 3.17. The number of ether oxygens (including phenoxy) is 1. The molecule has 15 heteroatoms. The molecule has 3 heterocycles. The van der Waals surface area contributed by atoms with Gasteiger partial charge in [-0.1, -0.05) is 48.5 Å². The van der Waals surface area contributed by atoms with Crippen molar-refractivity contribution in [2.75, 3.05) is 50.6 Å². The van der Waals surface area contributed by atoms with Gasteiger partial charge in [-0.15, -0.1) is 0 Å². The number of hydrogen-bond acceptors (Lipinski definition) is 8. The average molecular weight is 744 g/mol. The molecule has 3 aromatic carbocycles. The van der Waals surface area contributed by atoms with Crippen LogP contribution in [0, 0.1) is 6.92 Å². The highest BCUT2D eigenvalue weighted by molar-refractivity contribution is 6.33. The van der Waals surface area contributed by atoms with Crippen LogP contribution < -0.4 is 15.3 Å². The van der Waals surface area contributed by atoms with Crippen LogP contribution in [0.1, 0.15) is 39.9 Å². The molecule has 1 saturated heterocycles. The Kier molecular flexibility index (Phi) is 14.8. The lowest BCUT2D eigenvalue weighted by Crippen LogP contribution is -3.00. The molecular weight excluding hydrogens is 701 g/mol. The molecule has 1 aliphatic heterocycles. The van der Waals surface area contributed by atoms with Crippen LogP contribution >= 0.6 is 0 Å². The summed E-state index contributed by atoms with van der Waals surface area (Å²) in [7, 11) is -1.52. The van der Waals surface area contributed by atoms with E-state index in [1.165, 1.54) is 0 Å². The number of carbonyl (C=O) groups is 2. The van der Waals surface area contributed by atoms with E-state index in [0.29, 0.717) is 28.4 Å². The van der Waals surface area contributed by atoms with Crippen molar-refractivity contribution in [2.45, 2.75) is 26.3 Å². The highest BCUT2D eigenvalue weighted by Gasteiger charge is 2.31. The number of anilines is 3. The fourth-order valence-electron chi connectivity index (χ4n) is 5.77. The predicted octanol–water partition coefficient (Wildman–Crippen LogP) is 4.29. The van der Waals surface area contributed by atoms with Crippen molar-refractivity contribution in [1.82, 2.24) is 19.9 Å². The number of halogens is 4. The molecule has 6 rings (SSSR count). The lowest BCUT2D eigenvalue weighted by atomic mass is 10.0. The molecule has 1 amide bonds. The van der Waals surface area contributed by atoms with Crippen LogP contribution in [-0.4, -0.2) is 83.7 Å². The van der Waals surface area contributed by atoms with E-state index in [1.807, 2.05) is 105 Å². The quantitative estimate of drug-likeness (QED) is 0.0894. The van der Waals surface area contributed by atoms with Crippen molar-refractivity contribution in [3.05, 3.63) is 132 Å². The number of nitrogens with zero attached hydrogens (tertiary/aromatic N) is 5. The number of benzene rings is 3. The van der Waals surface area contributed by atoms with E-state index in [2.05, 4.69) is 37.5 Å². The van der Waals surface area contributed by atoms with Crippen molar-refractivity contribution in [2.24, 2.45) is 0 Å². The zero-order chi connectivity index (χ0) is 37.8. The monoisotopic (exact) mass is 743 g/mol. The van der Waals surface area contributed by atoms with Gasteiger partial charge in [0.05, 0.1) is 31.7 Å². The van der Waals surface area contributed by atoms with Gasteiger partial charge in [-0.3, -0.25) is 36.9 Å². The van der Waals surface area contributed by atoms with Crippen LogP contribution in [0.2, 0.25) is 0 Å². The fraction of sp³-hybridized carbons (Fsp3) is 0.256. The zero-order valence-corrected chi connectivity index (χ0v) is 30.3. The molecule has 1 unspecified atom stereocenters. The summed E-state index contributed by atoms with van der Waals surface area (Å²) < 4.78 is 35.5. The van der Waals surface area contributed by atoms with Crippen LogP contribution in [0.3, 0.4) is 0 Å². The van der Waals surface area contributed by atoms with E-state index in [0.717, 1.165) is 66.4 Å². The van der Waals surface area contributed by atoms with E-state index in [9.17, 15) is 22.5 Å². The molecule has 1 aliphatic rings. The van der Waals surface area contributed by atoms with E-state index in [1.54, 1.807) is 18.6 Å². The molecular formula is C39H42BF4N7O3. The minimum absolute atomic E-state index is 0. The summed E-state index contributed by atoms with van der Waals surface area (Å²) in [6.07, 6.45) is 5.20. The first kappa shape index (κ1) is 41.1. The van der Waals surface area contributed by atoms with E-state index in [4.69, 9.17) is 4.74 Å². The fourth-order valence-corrected chi connectivity index (χ4v) is 5.77. The molecule has 0 aliphatic carbocycles. The SMILES string of the molecule is Cc1ccc(NC(=O)c2ccc(CN3CC[N+](C)(COC(=O)C(C)c4ccccc4)CC3)cc2)cc1Nc1nccc(-c2cccnc2)n1.FB(F)F.[F-]. The molecule has 54 heavy (non-hydrogen) atoms. The summed E-state index contributed by atoms with van der Waals surface area (Å²) in [6, 6.07) is 28.9. The first-order valence-corrected chi connectivity index (χ1v) is 17.2. The number of piperazine rings is 1. The number of esters is 1. The number of carbonyl (C=O) groups excluding carboxylic acids is 2. The van der Waals surface area contributed by atoms with Crippen LogP contribution in [0.15, 0.2) is 110 Å². The second kappa shape index (κ2) is 19.4. The Labute approximate surface area is 312 Å². The molecule has 5 aromatic rings. The van der Waals surface area contributed by atoms with Crippen molar-refractivity contribution < 1.29 is 36.5 Å². The van der Waals surface area contributed by atoms with Crippen LogP contribution in [0.4, 0.5) is 30.3 Å². The van der Waals surface area contributed by atoms with Crippen LogP contribution in [0.5, 0.6) is 0 Å². The van der Waals surface area contributed by atoms with Gasteiger partial charge in [0.1, 0.15) is 0 Å². The minimum Gasteiger partial charge on any atom is -1.00 e. The number of quaternary nitrogens is 1. The van der Waals surface area contributed by atoms with Crippen molar-refractivity contribution >= 4 is 36.7 Å². The second-order valence-electron chi connectivity index (χ2n) is 13.1. The Morgan fingerprint density at radius 1 is 0.944 bits per heavy atom. The second-order valence-corrected chi connectivity index (χ2v) is 13.1. The summed E-state index contributed by atoms with van der Waals surface area (Å²) in [5.41, 5.74) is 6.82. The van der Waals surface area contributed by atoms with Crippen molar-refractivity contribution in [3.63, 3.8) is 0 Å². The number of nitrogens with one attached hydrogen (secondary N) is 2. The number of hydrogen-bond donors (Lipinski definition) is 2. The van der Waals surface area contributed by atoms with Gasteiger partial charge in [0.15, 0.2) is 0 Å². The molecule has 1 fully saturated rings. The number of likely N-dealkylation sites (N-methyl/N-ethyl adjacent to an activating group) is 1. The number of amides is 1. The van der Waals surface area contributed by atoms with Crippen LogP contribution in [0.25, 0.3) is 11.3 Å². The Hall–Kier alpha value is -5.67. The summed E-state index contributed by atoms with van der Waals surface area (Å²) in [5.74, 6) is -0.196. The summed E-state index contributed by atoms with van der Waals surface area (Å²) in [5, 5.41) is 6.31. The van der Waals surface area contributed by atoms with E-state index in [-0.39, 0.29) is 22.5 Å². The number of pyridine rings is 1. The summed E-state index contributed by atoms with van der Waals surface area (Å²) >= 11 is 0. The van der Waals surface area contributed by atoms with Gasteiger partial charge in [-0.05, 0) is 73.0 Å². The molecule has 2 aromatic heterocycles. The van der Waals surface area contributed by atoms with Gasteiger partial charge < -0.3 is 20.1 Å². The topological polar surface area (TPSA) is 109 Å². The first-order valence-electron chi connectivity index (χ1n) is 17.2. The van der Waals surface area contributed by atoms with Crippen molar-refractivity contribution in [1.29, 1.82) is 0 Å². The van der Waals surface area contributed by atoms with E-state index >= 15 is 0 Å². The molecule has 0 bridgehead atoms. The zero-order valence-electron chi connectivity index (χ0n) is 30.3. The Bertz CT molecular complexity index is 1950. The highest BCUT2D eigenvalue weighted by atomic mass is 19.4. The lowest BCUT2D eigenvalue weighted by molar-refractivity contribution is -0.929. The smallest absolute Gasteiger partial charge is 0.762 e. The predicted molar refractivity (Wildman–Crippen MR) is 200 cm³/mol. The van der Waals surface area contributed by atoms with Gasteiger partial charge in [0.25, 0.3) is 5.91 Å². The third kappa shape index (κ3) is 11.9. The summed E-state index contributed by atoms with van der Waals surface area (Å²) in [4.78, 5) is 41.4. The van der Waals surface area contributed by atoms with Gasteiger partial charge in [-0.25, -0.2) is 9.97 Å². The Balaban J connectivity index is 0.00000124. The maximum atomic E-state index is 13.2. The maximum absolute atomic E-state index is 13.2. The largest absolute Gasteiger partial charge is 1.00 e. The number of rotatable bonds is 11. The molecule has 0 radical (unpaired) electrons. The van der Waals surface area contributed by atoms with Gasteiger partial charge >= 0.3 is 13.5 Å². The molecule has 0 spiro atoms. The standard InChI is InChI=1S/C39H41N7O3.BF3.FH/c1-28-11-16-34(24-36(28)44-39-41-19-17-35(43-39)33-10-7-18-40-25-33)42-37(47)32-14-12-30(13-15-32)26-45-20-22-46(3,23-21-45)27-49-38(48)29(2)31-8-5-4-6-9-31;2-1(3)4;/h4-19,24-25,29H,20-23,26-27H2,1-3H3,(H-,41,42,43,44,47);;1H. The maximum Gasteiger partial charge on any atom is 0.762 e. The third-order valence-electron chi connectivity index (χ3n) is 9.06. The lowest BCUT2D eigenvalue weighted by Gasteiger charge is -2.41. The molecule has 2 N–H and O–H groups in total. The normalized spacial score (nSPS) is 14.0. The Morgan fingerprint density at radius 3 is 2.31 bits per heavy atom. The molecule has 1 atom stereocenters. The summed E-state index contributed by atoms with van der Waals surface area (Å²) in [6.45, 7) is 8.63. The third-order valence-corrected chi connectivity index (χ3v) is 9.06. The minimum atomic E-state index is -3.67. The van der Waals surface area contributed by atoms with Gasteiger partial charge in [0.2, 0.25) is 12.7 Å². The molecule has 10 nitrogen and oxygen atoms in total. The van der Waals surface area contributed by atoms with Gasteiger partial charge in [0, 0.05) is 60.7 Å². The van der Waals surface area contributed by atoms with E-state index < -0.39 is 7.54 Å². The first-order chi connectivity index (χ1) is 25.5. The van der Waals surface area contributed by atoms with Crippen LogP contribution in [-0.2, 0) is 16.1 Å². The number of aromatic nitrogens is 3. The Morgan fingerprint density at radius 2 is 1.65 bits per heavy atom. The van der Waals surface area contributed by atoms with Gasteiger partial charge in [-0.2, -0.15) is 0 Å². The van der Waals surface area contributed by atoms with Crippen molar-refractivity contribution in [3.8, 4) is 11.3 Å². The highest BCUT2D eigenvalue weighted by Crippen LogP contribution is 2.25. The molecule has 0 saturated carbocycles. The molecule has 282 valence electrons. The number of aryl methyl sites for hydroxylation is 1.